The van der Waals surface area contributed by atoms with Crippen LogP contribution in [0.15, 0.2) is 54.7 Å². The normalized spacial score (nSPS) is 10.7. The van der Waals surface area contributed by atoms with Gasteiger partial charge in [-0.3, -0.25) is 4.79 Å². The summed E-state index contributed by atoms with van der Waals surface area (Å²) in [6.07, 6.45) is 2.59. The van der Waals surface area contributed by atoms with Gasteiger partial charge in [-0.25, -0.2) is 4.52 Å². The SMILES string of the molecule is CCOc1ccc(CCNC(=O)c2cc3ccccn3n2)cc1. The summed E-state index contributed by atoms with van der Waals surface area (Å²) < 4.78 is 7.11. The molecule has 0 spiro atoms. The number of carbonyl (C=O) groups is 1. The Balaban J connectivity index is 1.54. The number of carbonyl (C=O) groups excluding carboxylic acids is 1. The Hall–Kier alpha value is -2.82. The molecule has 0 saturated heterocycles. The van der Waals surface area contributed by atoms with E-state index >= 15 is 0 Å². The predicted octanol–water partition coefficient (Wildman–Crippen LogP) is 2.71. The summed E-state index contributed by atoms with van der Waals surface area (Å²) in [4.78, 5) is 12.1. The molecule has 1 aromatic carbocycles. The average molecular weight is 309 g/mol. The summed E-state index contributed by atoms with van der Waals surface area (Å²) in [5.74, 6) is 0.713. The lowest BCUT2D eigenvalue weighted by molar-refractivity contribution is 0.0949. The van der Waals surface area contributed by atoms with Crippen molar-refractivity contribution < 1.29 is 9.53 Å². The first-order valence-corrected chi connectivity index (χ1v) is 7.70. The molecule has 0 aliphatic heterocycles. The zero-order chi connectivity index (χ0) is 16.1. The van der Waals surface area contributed by atoms with Gasteiger partial charge in [0.15, 0.2) is 5.69 Å². The van der Waals surface area contributed by atoms with Crippen LogP contribution in [0.1, 0.15) is 23.0 Å². The first-order chi connectivity index (χ1) is 11.3. The second-order valence-corrected chi connectivity index (χ2v) is 5.18. The van der Waals surface area contributed by atoms with E-state index < -0.39 is 0 Å². The zero-order valence-corrected chi connectivity index (χ0v) is 13.0. The van der Waals surface area contributed by atoms with Crippen molar-refractivity contribution in [3.8, 4) is 5.75 Å². The van der Waals surface area contributed by atoms with E-state index in [1.807, 2.05) is 55.6 Å². The molecule has 0 bridgehead atoms. The number of ether oxygens (including phenoxy) is 1. The maximum Gasteiger partial charge on any atom is 0.271 e. The highest BCUT2D eigenvalue weighted by Gasteiger charge is 2.09. The quantitative estimate of drug-likeness (QED) is 0.761. The molecule has 5 nitrogen and oxygen atoms in total. The molecule has 0 saturated carbocycles. The van der Waals surface area contributed by atoms with Gasteiger partial charge in [-0.2, -0.15) is 5.10 Å². The molecule has 1 N–H and O–H groups in total. The van der Waals surface area contributed by atoms with E-state index in [0.717, 1.165) is 23.3 Å². The number of hydrogen-bond donors (Lipinski definition) is 1. The van der Waals surface area contributed by atoms with Gasteiger partial charge >= 0.3 is 0 Å². The van der Waals surface area contributed by atoms with Gasteiger partial charge in [0.25, 0.3) is 5.91 Å². The van der Waals surface area contributed by atoms with Crippen molar-refractivity contribution in [2.24, 2.45) is 0 Å². The average Bonchev–Trinajstić information content (AvgIpc) is 3.01. The first-order valence-electron chi connectivity index (χ1n) is 7.70. The van der Waals surface area contributed by atoms with Crippen LogP contribution in [0.25, 0.3) is 5.52 Å². The topological polar surface area (TPSA) is 55.6 Å². The molecular weight excluding hydrogens is 290 g/mol. The molecular formula is C18H19N3O2. The lowest BCUT2D eigenvalue weighted by Gasteiger charge is -2.06. The van der Waals surface area contributed by atoms with Gasteiger partial charge in [0.2, 0.25) is 0 Å². The van der Waals surface area contributed by atoms with Gasteiger partial charge in [-0.15, -0.1) is 0 Å². The van der Waals surface area contributed by atoms with E-state index in [1.54, 1.807) is 10.6 Å². The van der Waals surface area contributed by atoms with Crippen molar-refractivity contribution in [1.82, 2.24) is 14.9 Å². The molecule has 2 heterocycles. The number of benzene rings is 1. The third kappa shape index (κ3) is 3.69. The molecule has 0 aliphatic rings. The summed E-state index contributed by atoms with van der Waals surface area (Å²) in [6.45, 7) is 3.19. The van der Waals surface area contributed by atoms with Gasteiger partial charge < -0.3 is 10.1 Å². The van der Waals surface area contributed by atoms with Crippen molar-refractivity contribution in [3.05, 3.63) is 66.0 Å². The molecule has 23 heavy (non-hydrogen) atoms. The Bertz CT molecular complexity index is 760. The van der Waals surface area contributed by atoms with Crippen LogP contribution < -0.4 is 10.1 Å². The fraction of sp³-hybridized carbons (Fsp3) is 0.222. The number of nitrogens with one attached hydrogen (secondary N) is 1. The predicted molar refractivity (Wildman–Crippen MR) is 88.8 cm³/mol. The molecule has 1 amide bonds. The zero-order valence-electron chi connectivity index (χ0n) is 13.0. The molecule has 0 fully saturated rings. The Kier molecular flexibility index (Phi) is 4.57. The van der Waals surface area contributed by atoms with Crippen LogP contribution in [0.3, 0.4) is 0 Å². The van der Waals surface area contributed by atoms with Gasteiger partial charge in [0, 0.05) is 12.7 Å². The maximum absolute atomic E-state index is 12.1. The second kappa shape index (κ2) is 6.96. The standard InChI is InChI=1S/C18H19N3O2/c1-2-23-16-8-6-14(7-9-16)10-11-19-18(22)17-13-15-5-3-4-12-21(15)20-17/h3-9,12-13H,2,10-11H2,1H3,(H,19,22). The van der Waals surface area contributed by atoms with Crippen molar-refractivity contribution >= 4 is 11.4 Å². The third-order valence-electron chi connectivity index (χ3n) is 3.54. The maximum atomic E-state index is 12.1. The summed E-state index contributed by atoms with van der Waals surface area (Å²) in [6, 6.07) is 15.4. The highest BCUT2D eigenvalue weighted by molar-refractivity contribution is 5.93. The molecule has 2 aromatic heterocycles. The summed E-state index contributed by atoms with van der Waals surface area (Å²) in [5, 5.41) is 7.16. The summed E-state index contributed by atoms with van der Waals surface area (Å²) in [5.41, 5.74) is 2.50. The molecule has 3 rings (SSSR count). The third-order valence-corrected chi connectivity index (χ3v) is 3.54. The Morgan fingerprint density at radius 2 is 2.04 bits per heavy atom. The Labute approximate surface area is 134 Å². The second-order valence-electron chi connectivity index (χ2n) is 5.18. The number of rotatable bonds is 6. The minimum atomic E-state index is -0.153. The van der Waals surface area contributed by atoms with E-state index in [0.29, 0.717) is 18.8 Å². The number of fused-ring (bicyclic) bond motifs is 1. The van der Waals surface area contributed by atoms with Crippen LogP contribution in [0.5, 0.6) is 5.75 Å². The van der Waals surface area contributed by atoms with E-state index in [-0.39, 0.29) is 5.91 Å². The first kappa shape index (κ1) is 15.1. The highest BCUT2D eigenvalue weighted by Crippen LogP contribution is 2.12. The van der Waals surface area contributed by atoms with E-state index in [1.165, 1.54) is 0 Å². The lowest BCUT2D eigenvalue weighted by atomic mass is 10.1. The largest absolute Gasteiger partial charge is 0.494 e. The molecule has 0 aliphatic carbocycles. The Morgan fingerprint density at radius 3 is 2.78 bits per heavy atom. The van der Waals surface area contributed by atoms with Crippen LogP contribution in [-0.4, -0.2) is 28.7 Å². The number of aromatic nitrogens is 2. The van der Waals surface area contributed by atoms with Crippen molar-refractivity contribution in [3.63, 3.8) is 0 Å². The van der Waals surface area contributed by atoms with Gasteiger partial charge in [-0.05, 0) is 49.2 Å². The van der Waals surface area contributed by atoms with Crippen LogP contribution in [0, 0.1) is 0 Å². The molecule has 0 unspecified atom stereocenters. The fourth-order valence-corrected chi connectivity index (χ4v) is 2.38. The smallest absolute Gasteiger partial charge is 0.271 e. The number of nitrogens with zero attached hydrogens (tertiary/aromatic N) is 2. The minimum Gasteiger partial charge on any atom is -0.494 e. The van der Waals surface area contributed by atoms with Crippen molar-refractivity contribution in [2.45, 2.75) is 13.3 Å². The van der Waals surface area contributed by atoms with E-state index in [9.17, 15) is 4.79 Å². The van der Waals surface area contributed by atoms with Gasteiger partial charge in [0.05, 0.1) is 12.1 Å². The highest BCUT2D eigenvalue weighted by atomic mass is 16.5. The number of hydrogen-bond acceptors (Lipinski definition) is 3. The molecule has 0 radical (unpaired) electrons. The molecule has 0 atom stereocenters. The molecule has 118 valence electrons. The van der Waals surface area contributed by atoms with Gasteiger partial charge in [-0.1, -0.05) is 18.2 Å². The fourth-order valence-electron chi connectivity index (χ4n) is 2.38. The van der Waals surface area contributed by atoms with Gasteiger partial charge in [0.1, 0.15) is 5.75 Å². The summed E-state index contributed by atoms with van der Waals surface area (Å²) >= 11 is 0. The van der Waals surface area contributed by atoms with Crippen LogP contribution in [-0.2, 0) is 6.42 Å². The van der Waals surface area contributed by atoms with Crippen LogP contribution >= 0.6 is 0 Å². The number of amides is 1. The van der Waals surface area contributed by atoms with E-state index in [2.05, 4.69) is 10.4 Å². The van der Waals surface area contributed by atoms with Crippen LogP contribution in [0.2, 0.25) is 0 Å². The number of pyridine rings is 1. The molecule has 5 heteroatoms. The minimum absolute atomic E-state index is 0.153. The van der Waals surface area contributed by atoms with Crippen LogP contribution in [0.4, 0.5) is 0 Å². The summed E-state index contributed by atoms with van der Waals surface area (Å²) in [7, 11) is 0. The van der Waals surface area contributed by atoms with Crippen molar-refractivity contribution in [1.29, 1.82) is 0 Å². The molecule has 3 aromatic rings. The van der Waals surface area contributed by atoms with Crippen molar-refractivity contribution in [2.75, 3.05) is 13.2 Å². The van der Waals surface area contributed by atoms with E-state index in [4.69, 9.17) is 4.74 Å². The Morgan fingerprint density at radius 1 is 1.22 bits per heavy atom. The lowest BCUT2D eigenvalue weighted by Crippen LogP contribution is -2.26. The monoisotopic (exact) mass is 309 g/mol.